The quantitative estimate of drug-likeness (QED) is 0.640. The highest BCUT2D eigenvalue weighted by molar-refractivity contribution is 5.82. The highest BCUT2D eigenvalue weighted by Gasteiger charge is 2.24. The van der Waals surface area contributed by atoms with Gasteiger partial charge >= 0.3 is 0 Å². The van der Waals surface area contributed by atoms with Crippen LogP contribution in [0.1, 0.15) is 31.7 Å². The summed E-state index contributed by atoms with van der Waals surface area (Å²) in [4.78, 5) is 12.9. The van der Waals surface area contributed by atoms with E-state index in [2.05, 4.69) is 35.8 Å². The number of hydrogen-bond acceptors (Lipinski definition) is 3. The highest BCUT2D eigenvalue weighted by atomic mass is 16.6. The van der Waals surface area contributed by atoms with Crippen LogP contribution in [-0.4, -0.2) is 34.5 Å². The van der Waals surface area contributed by atoms with Crippen molar-refractivity contribution in [3.63, 3.8) is 0 Å². The number of nitro benzene ring substituents is 1. The third kappa shape index (κ3) is 2.65. The molecule has 5 heteroatoms. The van der Waals surface area contributed by atoms with Crippen LogP contribution in [0.3, 0.4) is 0 Å². The molecule has 1 heterocycles. The molecule has 112 valence electrons. The van der Waals surface area contributed by atoms with Crippen LogP contribution in [0.15, 0.2) is 30.5 Å². The Kier molecular flexibility index (Phi) is 3.68. The first-order chi connectivity index (χ1) is 10.1. The van der Waals surface area contributed by atoms with Gasteiger partial charge in [-0.05, 0) is 51.9 Å². The normalized spacial score (nSPS) is 22.8. The van der Waals surface area contributed by atoms with Gasteiger partial charge in [-0.1, -0.05) is 0 Å². The molecule has 5 nitrogen and oxygen atoms in total. The number of aromatic nitrogens is 1. The maximum Gasteiger partial charge on any atom is 0.271 e. The van der Waals surface area contributed by atoms with E-state index in [0.29, 0.717) is 12.1 Å². The van der Waals surface area contributed by atoms with Gasteiger partial charge in [0.2, 0.25) is 0 Å². The van der Waals surface area contributed by atoms with Crippen LogP contribution in [0.5, 0.6) is 0 Å². The van der Waals surface area contributed by atoms with Crippen molar-refractivity contribution in [2.24, 2.45) is 0 Å². The standard InChI is InChI=1S/C16H21N3O2/c1-17(2)13-5-7-14(8-6-13)18-10-9-12-3-4-15(19(20)21)11-16(12)18/h3-4,9-11,13-14H,5-8H2,1-2H3/t13-,14-. The number of nitrogens with zero attached hydrogens (tertiary/aromatic N) is 3. The molecule has 0 amide bonds. The van der Waals surface area contributed by atoms with E-state index in [9.17, 15) is 10.1 Å². The van der Waals surface area contributed by atoms with E-state index < -0.39 is 0 Å². The van der Waals surface area contributed by atoms with Gasteiger partial charge in [0, 0.05) is 35.8 Å². The summed E-state index contributed by atoms with van der Waals surface area (Å²) in [6.07, 6.45) is 6.72. The molecular formula is C16H21N3O2. The van der Waals surface area contributed by atoms with Gasteiger partial charge in [-0.25, -0.2) is 0 Å². The first-order valence-corrected chi connectivity index (χ1v) is 7.47. The molecule has 0 atom stereocenters. The largest absolute Gasteiger partial charge is 0.344 e. The molecular weight excluding hydrogens is 266 g/mol. The van der Waals surface area contributed by atoms with Crippen LogP contribution in [0.25, 0.3) is 10.9 Å². The van der Waals surface area contributed by atoms with Crippen molar-refractivity contribution >= 4 is 16.6 Å². The second-order valence-electron chi connectivity index (χ2n) is 6.15. The number of rotatable bonds is 3. The number of fused-ring (bicyclic) bond motifs is 1. The lowest BCUT2D eigenvalue weighted by molar-refractivity contribution is -0.384. The fourth-order valence-corrected chi connectivity index (χ4v) is 3.42. The maximum atomic E-state index is 11.0. The van der Waals surface area contributed by atoms with Gasteiger partial charge in [0.05, 0.1) is 10.4 Å². The predicted molar refractivity (Wildman–Crippen MR) is 83.6 cm³/mol. The summed E-state index contributed by atoms with van der Waals surface area (Å²) in [6, 6.07) is 8.30. The van der Waals surface area contributed by atoms with Gasteiger partial charge in [0.15, 0.2) is 0 Å². The molecule has 1 fully saturated rings. The molecule has 0 radical (unpaired) electrons. The highest BCUT2D eigenvalue weighted by Crippen LogP contribution is 2.34. The summed E-state index contributed by atoms with van der Waals surface area (Å²) in [6.45, 7) is 0. The lowest BCUT2D eigenvalue weighted by atomic mass is 9.90. The van der Waals surface area contributed by atoms with E-state index in [-0.39, 0.29) is 10.6 Å². The fourth-order valence-electron chi connectivity index (χ4n) is 3.42. The molecule has 0 bridgehead atoms. The van der Waals surface area contributed by atoms with E-state index in [0.717, 1.165) is 23.7 Å². The van der Waals surface area contributed by atoms with Crippen molar-refractivity contribution in [2.45, 2.75) is 37.8 Å². The second-order valence-corrected chi connectivity index (χ2v) is 6.15. The summed E-state index contributed by atoms with van der Waals surface area (Å²) >= 11 is 0. The van der Waals surface area contributed by atoms with E-state index in [4.69, 9.17) is 0 Å². The van der Waals surface area contributed by atoms with E-state index in [1.54, 1.807) is 12.1 Å². The maximum absolute atomic E-state index is 11.0. The molecule has 2 aromatic rings. The fraction of sp³-hybridized carbons (Fsp3) is 0.500. The number of benzene rings is 1. The molecule has 1 aliphatic carbocycles. The Morgan fingerprint density at radius 1 is 1.19 bits per heavy atom. The van der Waals surface area contributed by atoms with Crippen LogP contribution in [0.4, 0.5) is 5.69 Å². The van der Waals surface area contributed by atoms with E-state index in [1.165, 1.54) is 12.8 Å². The molecule has 1 saturated carbocycles. The number of hydrogen-bond donors (Lipinski definition) is 0. The van der Waals surface area contributed by atoms with Crippen LogP contribution in [-0.2, 0) is 0 Å². The second kappa shape index (κ2) is 5.48. The molecule has 0 saturated heterocycles. The van der Waals surface area contributed by atoms with Crippen LogP contribution in [0.2, 0.25) is 0 Å². The molecule has 1 aromatic heterocycles. The van der Waals surface area contributed by atoms with Crippen LogP contribution in [0, 0.1) is 10.1 Å². The SMILES string of the molecule is CN(C)[C@H]1CC[C@H](n2ccc3ccc([N+](=O)[O-])cc32)CC1. The summed E-state index contributed by atoms with van der Waals surface area (Å²) in [5.74, 6) is 0. The van der Waals surface area contributed by atoms with Crippen LogP contribution < -0.4 is 0 Å². The molecule has 1 aromatic carbocycles. The van der Waals surface area contributed by atoms with Gasteiger partial charge in [-0.15, -0.1) is 0 Å². The lowest BCUT2D eigenvalue weighted by Gasteiger charge is -2.33. The Bertz CT molecular complexity index is 655. The van der Waals surface area contributed by atoms with Gasteiger partial charge in [0.1, 0.15) is 0 Å². The van der Waals surface area contributed by atoms with Crippen molar-refractivity contribution in [1.29, 1.82) is 0 Å². The average molecular weight is 287 g/mol. The first kappa shape index (κ1) is 14.1. The van der Waals surface area contributed by atoms with Crippen molar-refractivity contribution in [2.75, 3.05) is 14.1 Å². The van der Waals surface area contributed by atoms with Crippen molar-refractivity contribution in [3.05, 3.63) is 40.6 Å². The van der Waals surface area contributed by atoms with E-state index >= 15 is 0 Å². The molecule has 0 unspecified atom stereocenters. The summed E-state index contributed by atoms with van der Waals surface area (Å²) < 4.78 is 2.23. The minimum Gasteiger partial charge on any atom is -0.344 e. The Morgan fingerprint density at radius 3 is 2.52 bits per heavy atom. The topological polar surface area (TPSA) is 51.3 Å². The van der Waals surface area contributed by atoms with Crippen LogP contribution >= 0.6 is 0 Å². The van der Waals surface area contributed by atoms with Crippen molar-refractivity contribution in [1.82, 2.24) is 9.47 Å². The predicted octanol–water partition coefficient (Wildman–Crippen LogP) is 3.59. The summed E-state index contributed by atoms with van der Waals surface area (Å²) in [5.41, 5.74) is 1.15. The Hall–Kier alpha value is -1.88. The average Bonchev–Trinajstić information content (AvgIpc) is 2.90. The smallest absolute Gasteiger partial charge is 0.271 e. The Morgan fingerprint density at radius 2 is 1.90 bits per heavy atom. The molecule has 0 spiro atoms. The molecule has 0 aliphatic heterocycles. The lowest BCUT2D eigenvalue weighted by Crippen LogP contribution is -2.32. The minimum atomic E-state index is -0.320. The zero-order valence-electron chi connectivity index (χ0n) is 12.5. The zero-order chi connectivity index (χ0) is 15.0. The summed E-state index contributed by atoms with van der Waals surface area (Å²) in [7, 11) is 4.28. The molecule has 21 heavy (non-hydrogen) atoms. The monoisotopic (exact) mass is 287 g/mol. The van der Waals surface area contributed by atoms with Gasteiger partial charge in [0.25, 0.3) is 5.69 Å². The molecule has 3 rings (SSSR count). The summed E-state index contributed by atoms with van der Waals surface area (Å²) in [5, 5.41) is 12.0. The van der Waals surface area contributed by atoms with E-state index in [1.807, 2.05) is 6.07 Å². The zero-order valence-corrected chi connectivity index (χ0v) is 12.5. The first-order valence-electron chi connectivity index (χ1n) is 7.47. The Labute approximate surface area is 124 Å². The van der Waals surface area contributed by atoms with Crippen molar-refractivity contribution < 1.29 is 4.92 Å². The number of non-ortho nitro benzene ring substituents is 1. The Balaban J connectivity index is 1.87. The third-order valence-corrected chi connectivity index (χ3v) is 4.71. The number of nitro groups is 1. The van der Waals surface area contributed by atoms with Crippen molar-refractivity contribution in [3.8, 4) is 0 Å². The van der Waals surface area contributed by atoms with Gasteiger partial charge in [-0.2, -0.15) is 0 Å². The molecule has 1 aliphatic rings. The van der Waals surface area contributed by atoms with Gasteiger partial charge in [-0.3, -0.25) is 10.1 Å². The minimum absolute atomic E-state index is 0.171. The van der Waals surface area contributed by atoms with Gasteiger partial charge < -0.3 is 9.47 Å². The molecule has 0 N–H and O–H groups in total. The third-order valence-electron chi connectivity index (χ3n) is 4.71.